The molecule has 6 heteroatoms. The van der Waals surface area contributed by atoms with E-state index in [1.54, 1.807) is 0 Å². The maximum absolute atomic E-state index is 12.8. The molecule has 0 bridgehead atoms. The molecular weight excluding hydrogens is 326 g/mol. The molecule has 4 aromatic rings. The number of benzene rings is 1. The smallest absolute Gasteiger partial charge is 0.268 e. The number of carbonyl (C=O) groups excluding carboxylic acids is 1. The van der Waals surface area contributed by atoms with Gasteiger partial charge in [-0.15, -0.1) is 10.2 Å². The first-order chi connectivity index (χ1) is 12.6. The van der Waals surface area contributed by atoms with Crippen molar-refractivity contribution in [3.63, 3.8) is 0 Å². The largest absolute Gasteiger partial charge is 0.351 e. The van der Waals surface area contributed by atoms with Crippen molar-refractivity contribution < 1.29 is 4.79 Å². The van der Waals surface area contributed by atoms with Crippen molar-refractivity contribution in [1.82, 2.24) is 24.9 Å². The fourth-order valence-corrected chi connectivity index (χ4v) is 3.23. The molecule has 0 spiro atoms. The maximum Gasteiger partial charge on any atom is 0.268 e. The summed E-state index contributed by atoms with van der Waals surface area (Å²) in [6.07, 6.45) is 2.70. The van der Waals surface area contributed by atoms with Crippen molar-refractivity contribution in [2.45, 2.75) is 26.3 Å². The van der Waals surface area contributed by atoms with Crippen LogP contribution >= 0.6 is 0 Å². The molecule has 132 valence electrons. The first-order valence-electron chi connectivity index (χ1n) is 8.80. The highest BCUT2D eigenvalue weighted by Gasteiger charge is 2.22. The molecule has 0 aliphatic heterocycles. The Labute approximate surface area is 151 Å². The first-order valence-corrected chi connectivity index (χ1v) is 8.80. The number of rotatable bonds is 5. The molecule has 4 rings (SSSR count). The quantitative estimate of drug-likeness (QED) is 0.578. The lowest BCUT2D eigenvalue weighted by atomic mass is 10.0. The van der Waals surface area contributed by atoms with Crippen molar-refractivity contribution in [3.8, 4) is 0 Å². The lowest BCUT2D eigenvalue weighted by molar-refractivity contribution is 0.0925. The van der Waals surface area contributed by atoms with E-state index >= 15 is 0 Å². The highest BCUT2D eigenvalue weighted by Crippen LogP contribution is 2.22. The lowest BCUT2D eigenvalue weighted by Crippen LogP contribution is -2.31. The van der Waals surface area contributed by atoms with Crippen LogP contribution in [0.3, 0.4) is 0 Å². The van der Waals surface area contributed by atoms with Crippen LogP contribution < -0.4 is 5.32 Å². The topological polar surface area (TPSA) is 75.1 Å². The van der Waals surface area contributed by atoms with E-state index in [4.69, 9.17) is 0 Å². The van der Waals surface area contributed by atoms with E-state index in [1.807, 2.05) is 59.1 Å². The monoisotopic (exact) mass is 347 g/mol. The summed E-state index contributed by atoms with van der Waals surface area (Å²) in [7, 11) is 0. The van der Waals surface area contributed by atoms with Crippen LogP contribution in [0.25, 0.3) is 16.6 Å². The molecule has 3 heterocycles. The van der Waals surface area contributed by atoms with E-state index in [-0.39, 0.29) is 11.9 Å². The summed E-state index contributed by atoms with van der Waals surface area (Å²) in [6.45, 7) is 4.26. The zero-order chi connectivity index (χ0) is 18.1. The standard InChI is InChI=1S/C20H21N5O/c1-13(2)11-16(19-24-23-18-9-5-6-10-25(18)19)22-20(26)17-12-14-7-3-4-8-15(14)21-17/h3-10,12-13,16,21H,11H2,1-2H3,(H,22,26)/t16-/m0/s1. The zero-order valence-corrected chi connectivity index (χ0v) is 14.8. The molecule has 0 fully saturated rings. The summed E-state index contributed by atoms with van der Waals surface area (Å²) in [4.78, 5) is 16.0. The second kappa shape index (κ2) is 6.63. The van der Waals surface area contributed by atoms with E-state index in [0.29, 0.717) is 11.6 Å². The second-order valence-electron chi connectivity index (χ2n) is 6.91. The van der Waals surface area contributed by atoms with Gasteiger partial charge in [-0.2, -0.15) is 0 Å². The Bertz CT molecular complexity index is 1030. The van der Waals surface area contributed by atoms with Gasteiger partial charge in [0, 0.05) is 17.1 Å². The van der Waals surface area contributed by atoms with Gasteiger partial charge in [-0.25, -0.2) is 0 Å². The summed E-state index contributed by atoms with van der Waals surface area (Å²) in [5.74, 6) is 1.01. The lowest BCUT2D eigenvalue weighted by Gasteiger charge is -2.19. The van der Waals surface area contributed by atoms with E-state index in [0.717, 1.165) is 28.8 Å². The molecule has 1 amide bonds. The number of fused-ring (bicyclic) bond motifs is 2. The number of nitrogens with one attached hydrogen (secondary N) is 2. The fraction of sp³-hybridized carbons (Fsp3) is 0.250. The Balaban J connectivity index is 1.65. The minimum Gasteiger partial charge on any atom is -0.351 e. The van der Waals surface area contributed by atoms with Crippen molar-refractivity contribution >= 4 is 22.5 Å². The Hall–Kier alpha value is -3.15. The third-order valence-corrected chi connectivity index (χ3v) is 4.44. The number of amides is 1. The number of carbonyl (C=O) groups is 1. The number of hydrogen-bond acceptors (Lipinski definition) is 3. The predicted molar refractivity (Wildman–Crippen MR) is 101 cm³/mol. The van der Waals surface area contributed by atoms with Gasteiger partial charge in [-0.3, -0.25) is 9.20 Å². The van der Waals surface area contributed by atoms with Crippen LogP contribution in [0, 0.1) is 5.92 Å². The van der Waals surface area contributed by atoms with Crippen molar-refractivity contribution in [3.05, 3.63) is 66.2 Å². The Morgan fingerprint density at radius 2 is 1.96 bits per heavy atom. The van der Waals surface area contributed by atoms with E-state index in [2.05, 4.69) is 34.3 Å². The Morgan fingerprint density at radius 1 is 1.15 bits per heavy atom. The van der Waals surface area contributed by atoms with Gasteiger partial charge in [0.1, 0.15) is 5.69 Å². The van der Waals surface area contributed by atoms with Crippen LogP contribution in [0.1, 0.15) is 42.6 Å². The van der Waals surface area contributed by atoms with Gasteiger partial charge in [0.25, 0.3) is 5.91 Å². The minimum atomic E-state index is -0.216. The third-order valence-electron chi connectivity index (χ3n) is 4.44. The summed E-state index contributed by atoms with van der Waals surface area (Å²) < 4.78 is 1.93. The maximum atomic E-state index is 12.8. The average molecular weight is 347 g/mol. The van der Waals surface area contributed by atoms with Crippen molar-refractivity contribution in [2.24, 2.45) is 5.92 Å². The van der Waals surface area contributed by atoms with Crippen LogP contribution in [0.4, 0.5) is 0 Å². The highest BCUT2D eigenvalue weighted by atomic mass is 16.2. The van der Waals surface area contributed by atoms with E-state index in [9.17, 15) is 4.79 Å². The SMILES string of the molecule is CC(C)C[C@H](NC(=O)c1cc2ccccc2[nH]1)c1nnc2ccccn12. The number of aromatic amines is 1. The zero-order valence-electron chi connectivity index (χ0n) is 14.8. The highest BCUT2D eigenvalue weighted by molar-refractivity contribution is 5.98. The van der Waals surface area contributed by atoms with E-state index in [1.165, 1.54) is 0 Å². The molecule has 1 atom stereocenters. The van der Waals surface area contributed by atoms with Gasteiger partial charge >= 0.3 is 0 Å². The molecule has 3 aromatic heterocycles. The molecule has 0 aliphatic rings. The van der Waals surface area contributed by atoms with E-state index < -0.39 is 0 Å². The predicted octanol–water partition coefficient (Wildman–Crippen LogP) is 3.73. The van der Waals surface area contributed by atoms with Gasteiger partial charge in [0.2, 0.25) is 0 Å². The number of hydrogen-bond donors (Lipinski definition) is 2. The van der Waals surface area contributed by atoms with Crippen LogP contribution in [-0.4, -0.2) is 25.5 Å². The molecule has 0 radical (unpaired) electrons. The Kier molecular flexibility index (Phi) is 4.16. The van der Waals surface area contributed by atoms with Crippen LogP contribution in [-0.2, 0) is 0 Å². The van der Waals surface area contributed by atoms with Crippen molar-refractivity contribution in [1.29, 1.82) is 0 Å². The molecular formula is C20H21N5O. The van der Waals surface area contributed by atoms with Crippen molar-refractivity contribution in [2.75, 3.05) is 0 Å². The number of aromatic nitrogens is 4. The Morgan fingerprint density at radius 3 is 2.77 bits per heavy atom. The number of nitrogens with zero attached hydrogens (tertiary/aromatic N) is 3. The second-order valence-corrected chi connectivity index (χ2v) is 6.91. The third kappa shape index (κ3) is 3.06. The summed E-state index contributed by atoms with van der Waals surface area (Å²) in [5, 5.41) is 12.7. The summed E-state index contributed by atoms with van der Waals surface area (Å²) >= 11 is 0. The molecule has 0 unspecified atom stereocenters. The summed E-state index contributed by atoms with van der Waals surface area (Å²) in [5.41, 5.74) is 2.27. The van der Waals surface area contributed by atoms with Gasteiger partial charge in [0.15, 0.2) is 11.5 Å². The minimum absolute atomic E-state index is 0.139. The van der Waals surface area contributed by atoms with Gasteiger partial charge in [-0.1, -0.05) is 38.1 Å². The van der Waals surface area contributed by atoms with Gasteiger partial charge in [-0.05, 0) is 36.6 Å². The normalized spacial score (nSPS) is 12.7. The molecule has 0 saturated heterocycles. The average Bonchev–Trinajstić information content (AvgIpc) is 3.25. The number of pyridine rings is 1. The molecule has 2 N–H and O–H groups in total. The molecule has 0 saturated carbocycles. The first kappa shape index (κ1) is 16.3. The molecule has 6 nitrogen and oxygen atoms in total. The van der Waals surface area contributed by atoms with Crippen LogP contribution in [0.5, 0.6) is 0 Å². The van der Waals surface area contributed by atoms with Crippen LogP contribution in [0.15, 0.2) is 54.7 Å². The number of H-pyrrole nitrogens is 1. The van der Waals surface area contributed by atoms with Crippen LogP contribution in [0.2, 0.25) is 0 Å². The molecule has 1 aromatic carbocycles. The van der Waals surface area contributed by atoms with Gasteiger partial charge < -0.3 is 10.3 Å². The van der Waals surface area contributed by atoms with Gasteiger partial charge in [0.05, 0.1) is 6.04 Å². The fourth-order valence-electron chi connectivity index (χ4n) is 3.23. The number of para-hydroxylation sites is 1. The molecule has 0 aliphatic carbocycles. The summed E-state index contributed by atoms with van der Waals surface area (Å²) in [6, 6.07) is 15.3. The molecule has 26 heavy (non-hydrogen) atoms.